The number of nitro benzene ring substituents is 1. The molecule has 21 heavy (non-hydrogen) atoms. The number of benzene rings is 2. The SMILES string of the molecule is C#CCN1C(=O)c2cccc3c([N+](=O)[O-])ccc(c23)C1=O. The van der Waals surface area contributed by atoms with E-state index in [1.165, 1.54) is 24.3 Å². The lowest BCUT2D eigenvalue weighted by molar-refractivity contribution is -0.383. The number of amides is 2. The molecular weight excluding hydrogens is 272 g/mol. The minimum absolute atomic E-state index is 0.134. The van der Waals surface area contributed by atoms with Gasteiger partial charge in [-0.1, -0.05) is 12.0 Å². The highest BCUT2D eigenvalue weighted by Crippen LogP contribution is 2.35. The van der Waals surface area contributed by atoms with Gasteiger partial charge in [-0.15, -0.1) is 6.42 Å². The van der Waals surface area contributed by atoms with Crippen LogP contribution in [-0.2, 0) is 0 Å². The van der Waals surface area contributed by atoms with Gasteiger partial charge in [0, 0.05) is 22.6 Å². The lowest BCUT2D eigenvalue weighted by Crippen LogP contribution is -2.40. The highest BCUT2D eigenvalue weighted by molar-refractivity contribution is 6.26. The quantitative estimate of drug-likeness (QED) is 0.364. The summed E-state index contributed by atoms with van der Waals surface area (Å²) in [7, 11) is 0. The molecule has 0 aromatic heterocycles. The van der Waals surface area contributed by atoms with Gasteiger partial charge < -0.3 is 0 Å². The molecule has 1 aliphatic rings. The van der Waals surface area contributed by atoms with E-state index in [2.05, 4.69) is 5.92 Å². The Morgan fingerprint density at radius 3 is 2.43 bits per heavy atom. The summed E-state index contributed by atoms with van der Waals surface area (Å²) < 4.78 is 0. The maximum atomic E-state index is 12.3. The topological polar surface area (TPSA) is 80.5 Å². The van der Waals surface area contributed by atoms with Crippen molar-refractivity contribution in [1.29, 1.82) is 0 Å². The Bertz CT molecular complexity index is 842. The Hall–Kier alpha value is -3.20. The van der Waals surface area contributed by atoms with Crippen LogP contribution in [0, 0.1) is 22.5 Å². The number of carbonyl (C=O) groups is 2. The highest BCUT2D eigenvalue weighted by atomic mass is 16.6. The van der Waals surface area contributed by atoms with Crippen LogP contribution in [0.2, 0.25) is 0 Å². The van der Waals surface area contributed by atoms with Gasteiger partial charge in [0.15, 0.2) is 0 Å². The van der Waals surface area contributed by atoms with Gasteiger partial charge in [0.2, 0.25) is 0 Å². The average molecular weight is 280 g/mol. The Kier molecular flexibility index (Phi) is 2.70. The third-order valence-corrected chi connectivity index (χ3v) is 3.41. The molecule has 0 radical (unpaired) electrons. The van der Waals surface area contributed by atoms with E-state index in [0.29, 0.717) is 5.39 Å². The van der Waals surface area contributed by atoms with Crippen molar-refractivity contribution in [3.63, 3.8) is 0 Å². The zero-order valence-electron chi connectivity index (χ0n) is 10.7. The van der Waals surface area contributed by atoms with E-state index >= 15 is 0 Å². The standard InChI is InChI=1S/C15H8N2O4/c1-2-8-16-14(18)10-5-3-4-9-12(17(20)21)7-6-11(13(9)10)15(16)19/h1,3-7H,8H2. The Balaban J connectivity index is 2.39. The van der Waals surface area contributed by atoms with Crippen LogP contribution in [0.4, 0.5) is 5.69 Å². The maximum Gasteiger partial charge on any atom is 0.277 e. The van der Waals surface area contributed by atoms with Crippen LogP contribution < -0.4 is 0 Å². The van der Waals surface area contributed by atoms with Crippen molar-refractivity contribution in [3.05, 3.63) is 51.6 Å². The number of hydrogen-bond donors (Lipinski definition) is 0. The number of rotatable bonds is 2. The Morgan fingerprint density at radius 1 is 1.14 bits per heavy atom. The molecule has 0 saturated heterocycles. The first-order valence-electron chi connectivity index (χ1n) is 6.06. The fourth-order valence-corrected chi connectivity index (χ4v) is 2.52. The Labute approximate surface area is 119 Å². The maximum absolute atomic E-state index is 12.3. The van der Waals surface area contributed by atoms with Gasteiger partial charge in [0.1, 0.15) is 0 Å². The molecule has 3 rings (SSSR count). The van der Waals surface area contributed by atoms with Gasteiger partial charge in [-0.2, -0.15) is 0 Å². The number of nitrogens with zero attached hydrogens (tertiary/aromatic N) is 2. The van der Waals surface area contributed by atoms with E-state index in [0.717, 1.165) is 4.90 Å². The van der Waals surface area contributed by atoms with Crippen LogP contribution in [-0.4, -0.2) is 28.2 Å². The summed E-state index contributed by atoms with van der Waals surface area (Å²) in [4.78, 5) is 36.1. The Morgan fingerprint density at radius 2 is 1.81 bits per heavy atom. The van der Waals surface area contributed by atoms with E-state index in [1.54, 1.807) is 6.07 Å². The van der Waals surface area contributed by atoms with Crippen molar-refractivity contribution < 1.29 is 14.5 Å². The first-order valence-corrected chi connectivity index (χ1v) is 6.06. The van der Waals surface area contributed by atoms with Gasteiger partial charge in [-0.05, 0) is 18.2 Å². The third kappa shape index (κ3) is 1.68. The lowest BCUT2D eigenvalue weighted by Gasteiger charge is -2.25. The molecule has 1 aliphatic heterocycles. The number of terminal acetylenes is 1. The fourth-order valence-electron chi connectivity index (χ4n) is 2.52. The van der Waals surface area contributed by atoms with E-state index in [-0.39, 0.29) is 28.7 Å². The molecule has 102 valence electrons. The number of imide groups is 1. The average Bonchev–Trinajstić information content (AvgIpc) is 2.48. The molecule has 6 heteroatoms. The smallest absolute Gasteiger partial charge is 0.269 e. The van der Waals surface area contributed by atoms with E-state index in [9.17, 15) is 19.7 Å². The van der Waals surface area contributed by atoms with Crippen LogP contribution >= 0.6 is 0 Å². The van der Waals surface area contributed by atoms with Crippen LogP contribution in [0.1, 0.15) is 20.7 Å². The molecule has 2 aromatic carbocycles. The molecule has 6 nitrogen and oxygen atoms in total. The lowest BCUT2D eigenvalue weighted by atomic mass is 9.93. The molecule has 0 N–H and O–H groups in total. The predicted molar refractivity (Wildman–Crippen MR) is 74.8 cm³/mol. The highest BCUT2D eigenvalue weighted by Gasteiger charge is 2.33. The van der Waals surface area contributed by atoms with Gasteiger partial charge in [-0.3, -0.25) is 24.6 Å². The van der Waals surface area contributed by atoms with Crippen molar-refractivity contribution in [1.82, 2.24) is 4.90 Å². The minimum atomic E-state index is -0.536. The molecule has 2 aromatic rings. The van der Waals surface area contributed by atoms with Crippen molar-refractivity contribution >= 4 is 28.3 Å². The molecule has 0 fully saturated rings. The summed E-state index contributed by atoms with van der Waals surface area (Å²) in [5, 5.41) is 11.7. The summed E-state index contributed by atoms with van der Waals surface area (Å²) >= 11 is 0. The van der Waals surface area contributed by atoms with Crippen molar-refractivity contribution in [3.8, 4) is 12.3 Å². The zero-order chi connectivity index (χ0) is 15.1. The van der Waals surface area contributed by atoms with E-state index < -0.39 is 16.7 Å². The molecule has 0 saturated carbocycles. The summed E-state index contributed by atoms with van der Waals surface area (Å²) in [6.45, 7) is -0.134. The summed E-state index contributed by atoms with van der Waals surface area (Å²) in [5.41, 5.74) is 0.365. The van der Waals surface area contributed by atoms with Gasteiger partial charge in [0.05, 0.1) is 16.9 Å². The van der Waals surface area contributed by atoms with Gasteiger partial charge >= 0.3 is 0 Å². The summed E-state index contributed by atoms with van der Waals surface area (Å²) in [6.07, 6.45) is 5.18. The van der Waals surface area contributed by atoms with Crippen molar-refractivity contribution in [2.75, 3.05) is 6.54 Å². The number of non-ortho nitro benzene ring substituents is 1. The monoisotopic (exact) mass is 280 g/mol. The zero-order valence-corrected chi connectivity index (χ0v) is 10.7. The molecule has 0 bridgehead atoms. The predicted octanol–water partition coefficient (Wildman–Crippen LogP) is 1.98. The van der Waals surface area contributed by atoms with Gasteiger partial charge in [0.25, 0.3) is 17.5 Å². The number of hydrogen-bond acceptors (Lipinski definition) is 4. The second kappa shape index (κ2) is 4.42. The first kappa shape index (κ1) is 12.8. The summed E-state index contributed by atoms with van der Waals surface area (Å²) in [5.74, 6) is 1.20. The van der Waals surface area contributed by atoms with Crippen molar-refractivity contribution in [2.24, 2.45) is 0 Å². The van der Waals surface area contributed by atoms with Crippen LogP contribution in [0.5, 0.6) is 0 Å². The third-order valence-electron chi connectivity index (χ3n) is 3.41. The first-order chi connectivity index (χ1) is 10.1. The van der Waals surface area contributed by atoms with Crippen LogP contribution in [0.25, 0.3) is 10.8 Å². The van der Waals surface area contributed by atoms with Gasteiger partial charge in [-0.25, -0.2) is 0 Å². The minimum Gasteiger partial charge on any atom is -0.269 e. The van der Waals surface area contributed by atoms with Crippen LogP contribution in [0.15, 0.2) is 30.3 Å². The van der Waals surface area contributed by atoms with Crippen molar-refractivity contribution in [2.45, 2.75) is 0 Å². The fraction of sp³-hybridized carbons (Fsp3) is 0.0667. The molecule has 0 atom stereocenters. The largest absolute Gasteiger partial charge is 0.277 e. The molecule has 1 heterocycles. The second-order valence-electron chi connectivity index (χ2n) is 4.52. The number of nitro groups is 1. The van der Waals surface area contributed by atoms with Crippen LogP contribution in [0.3, 0.4) is 0 Å². The molecule has 0 aliphatic carbocycles. The second-order valence-corrected chi connectivity index (χ2v) is 4.52. The molecule has 0 spiro atoms. The molecular formula is C15H8N2O4. The van der Waals surface area contributed by atoms with E-state index in [1.807, 2.05) is 0 Å². The molecule has 0 unspecified atom stereocenters. The van der Waals surface area contributed by atoms with E-state index in [4.69, 9.17) is 6.42 Å². The summed E-state index contributed by atoms with van der Waals surface area (Å²) in [6, 6.07) is 7.24. The normalized spacial score (nSPS) is 13.4. The molecule has 2 amide bonds. The number of carbonyl (C=O) groups excluding carboxylic acids is 2.